The third kappa shape index (κ3) is 4.83. The lowest BCUT2D eigenvalue weighted by atomic mass is 10.1. The zero-order valence-corrected chi connectivity index (χ0v) is 13.2. The van der Waals surface area contributed by atoms with Crippen LogP contribution in [-0.4, -0.2) is 11.6 Å². The molecule has 110 valence electrons. The number of hydrogen-bond donors (Lipinski definition) is 1. The molecule has 0 atom stereocenters. The largest absolute Gasteiger partial charge is 0.273 e. The van der Waals surface area contributed by atoms with Crippen LogP contribution in [0.1, 0.15) is 35.6 Å². The molecule has 0 saturated carbocycles. The van der Waals surface area contributed by atoms with E-state index >= 15 is 0 Å². The molecule has 1 aromatic carbocycles. The van der Waals surface area contributed by atoms with Gasteiger partial charge >= 0.3 is 0 Å². The number of amides is 1. The van der Waals surface area contributed by atoms with E-state index in [4.69, 9.17) is 0 Å². The fourth-order valence-electron chi connectivity index (χ4n) is 1.92. The molecular formula is C17H20N2OS. The molecule has 0 aliphatic carbocycles. The maximum atomic E-state index is 11.8. The Labute approximate surface area is 129 Å². The van der Waals surface area contributed by atoms with E-state index < -0.39 is 0 Å². The molecule has 0 aliphatic heterocycles. The third-order valence-corrected chi connectivity index (χ3v) is 4.54. The molecule has 2 rings (SSSR count). The Morgan fingerprint density at radius 3 is 2.62 bits per heavy atom. The fourth-order valence-corrected chi connectivity index (χ4v) is 2.81. The summed E-state index contributed by atoms with van der Waals surface area (Å²) in [7, 11) is 0. The number of benzene rings is 1. The van der Waals surface area contributed by atoms with Crippen molar-refractivity contribution >= 4 is 23.0 Å². The summed E-state index contributed by atoms with van der Waals surface area (Å²) >= 11 is 1.72. The number of nitrogens with zero attached hydrogens (tertiary/aromatic N) is 1. The summed E-state index contributed by atoms with van der Waals surface area (Å²) < 4.78 is 0. The number of thiophene rings is 1. The van der Waals surface area contributed by atoms with Crippen molar-refractivity contribution in [2.24, 2.45) is 5.10 Å². The van der Waals surface area contributed by atoms with Gasteiger partial charge in [-0.3, -0.25) is 4.79 Å². The van der Waals surface area contributed by atoms with Crippen LogP contribution >= 0.6 is 11.3 Å². The Kier molecular flexibility index (Phi) is 5.69. The molecule has 1 amide bonds. The van der Waals surface area contributed by atoms with Crippen molar-refractivity contribution in [2.75, 3.05) is 0 Å². The smallest absolute Gasteiger partial charge is 0.240 e. The number of carbonyl (C=O) groups excluding carboxylic acids is 1. The van der Waals surface area contributed by atoms with Gasteiger partial charge < -0.3 is 0 Å². The van der Waals surface area contributed by atoms with Gasteiger partial charge in [-0.25, -0.2) is 5.43 Å². The lowest BCUT2D eigenvalue weighted by Gasteiger charge is -2.02. The zero-order valence-electron chi connectivity index (χ0n) is 12.4. The first-order chi connectivity index (χ1) is 10.2. The standard InChI is InChI=1S/C17H20N2OS/c1-3-15-10-11-16(21-15)13(2)18-19-17(20)12-9-14-7-5-4-6-8-14/h4-8,10-11H,3,9,12H2,1-2H3,(H,19,20). The highest BCUT2D eigenvalue weighted by molar-refractivity contribution is 7.14. The van der Waals surface area contributed by atoms with Gasteiger partial charge in [0.1, 0.15) is 0 Å². The zero-order chi connectivity index (χ0) is 15.1. The van der Waals surface area contributed by atoms with E-state index in [2.05, 4.69) is 29.6 Å². The quantitative estimate of drug-likeness (QED) is 0.640. The number of rotatable bonds is 6. The molecule has 0 radical (unpaired) electrons. The number of hydrazone groups is 1. The maximum absolute atomic E-state index is 11.8. The molecule has 0 bridgehead atoms. The van der Waals surface area contributed by atoms with Crippen molar-refractivity contribution in [1.29, 1.82) is 0 Å². The van der Waals surface area contributed by atoms with E-state index in [1.807, 2.05) is 37.3 Å². The van der Waals surface area contributed by atoms with Crippen molar-refractivity contribution < 1.29 is 4.79 Å². The maximum Gasteiger partial charge on any atom is 0.240 e. The van der Waals surface area contributed by atoms with Crippen LogP contribution in [-0.2, 0) is 17.6 Å². The highest BCUT2D eigenvalue weighted by atomic mass is 32.1. The van der Waals surface area contributed by atoms with Crippen LogP contribution in [0.4, 0.5) is 0 Å². The van der Waals surface area contributed by atoms with Gasteiger partial charge in [0.15, 0.2) is 0 Å². The minimum absolute atomic E-state index is 0.0505. The molecule has 0 saturated heterocycles. The molecule has 0 fully saturated rings. The molecular weight excluding hydrogens is 280 g/mol. The molecule has 1 aromatic heterocycles. The summed E-state index contributed by atoms with van der Waals surface area (Å²) in [4.78, 5) is 14.2. The molecule has 1 N–H and O–H groups in total. The van der Waals surface area contributed by atoms with Crippen molar-refractivity contribution in [3.05, 3.63) is 57.8 Å². The van der Waals surface area contributed by atoms with Gasteiger partial charge in [0.05, 0.1) is 10.6 Å². The van der Waals surface area contributed by atoms with Crippen molar-refractivity contribution in [1.82, 2.24) is 5.43 Å². The van der Waals surface area contributed by atoms with Gasteiger partial charge in [0.25, 0.3) is 0 Å². The van der Waals surface area contributed by atoms with Gasteiger partial charge in [-0.05, 0) is 37.5 Å². The number of nitrogens with one attached hydrogen (secondary N) is 1. The molecule has 3 nitrogen and oxygen atoms in total. The summed E-state index contributed by atoms with van der Waals surface area (Å²) in [5.74, 6) is -0.0505. The molecule has 21 heavy (non-hydrogen) atoms. The Morgan fingerprint density at radius 2 is 1.95 bits per heavy atom. The van der Waals surface area contributed by atoms with Crippen LogP contribution in [0, 0.1) is 0 Å². The van der Waals surface area contributed by atoms with E-state index in [0.29, 0.717) is 6.42 Å². The van der Waals surface area contributed by atoms with Crippen LogP contribution in [0.15, 0.2) is 47.6 Å². The normalized spacial score (nSPS) is 11.4. The highest BCUT2D eigenvalue weighted by Gasteiger charge is 2.04. The van der Waals surface area contributed by atoms with Gasteiger partial charge in [-0.1, -0.05) is 37.3 Å². The van der Waals surface area contributed by atoms with Crippen LogP contribution < -0.4 is 5.43 Å². The summed E-state index contributed by atoms with van der Waals surface area (Å²) in [6, 6.07) is 14.2. The average Bonchev–Trinajstić information content (AvgIpc) is 3.00. The van der Waals surface area contributed by atoms with E-state index in [9.17, 15) is 4.79 Å². The first-order valence-corrected chi connectivity index (χ1v) is 7.97. The number of carbonyl (C=O) groups is 1. The van der Waals surface area contributed by atoms with E-state index in [1.165, 1.54) is 10.4 Å². The second kappa shape index (κ2) is 7.74. The second-order valence-corrected chi connectivity index (χ2v) is 6.01. The van der Waals surface area contributed by atoms with Gasteiger partial charge in [0, 0.05) is 11.3 Å². The lowest BCUT2D eigenvalue weighted by Crippen LogP contribution is -2.19. The minimum Gasteiger partial charge on any atom is -0.273 e. The summed E-state index contributed by atoms with van der Waals surface area (Å²) in [6.07, 6.45) is 2.22. The third-order valence-electron chi connectivity index (χ3n) is 3.20. The Morgan fingerprint density at radius 1 is 1.19 bits per heavy atom. The molecule has 1 heterocycles. The lowest BCUT2D eigenvalue weighted by molar-refractivity contribution is -0.121. The van der Waals surface area contributed by atoms with Gasteiger partial charge in [-0.15, -0.1) is 11.3 Å². The van der Waals surface area contributed by atoms with Crippen LogP contribution in [0.3, 0.4) is 0 Å². The van der Waals surface area contributed by atoms with Gasteiger partial charge in [-0.2, -0.15) is 5.10 Å². The first kappa shape index (κ1) is 15.4. The van der Waals surface area contributed by atoms with E-state index in [1.54, 1.807) is 11.3 Å². The Bertz CT molecular complexity index is 617. The number of aryl methyl sites for hydroxylation is 2. The SMILES string of the molecule is CCc1ccc(C(C)=NNC(=O)CCc2ccccc2)s1. The van der Waals surface area contributed by atoms with Gasteiger partial charge in [0.2, 0.25) is 5.91 Å². The molecule has 0 unspecified atom stereocenters. The topological polar surface area (TPSA) is 41.5 Å². The predicted octanol–water partition coefficient (Wildman–Crippen LogP) is 3.78. The number of hydrogen-bond acceptors (Lipinski definition) is 3. The van der Waals surface area contributed by atoms with Crippen LogP contribution in [0.5, 0.6) is 0 Å². The van der Waals surface area contributed by atoms with E-state index in [0.717, 1.165) is 23.4 Å². The monoisotopic (exact) mass is 300 g/mol. The Balaban J connectivity index is 1.83. The minimum atomic E-state index is -0.0505. The second-order valence-electron chi connectivity index (χ2n) is 4.84. The highest BCUT2D eigenvalue weighted by Crippen LogP contribution is 2.17. The summed E-state index contributed by atoms with van der Waals surface area (Å²) in [6.45, 7) is 4.05. The molecule has 0 aliphatic rings. The van der Waals surface area contributed by atoms with Crippen LogP contribution in [0.2, 0.25) is 0 Å². The van der Waals surface area contributed by atoms with Crippen molar-refractivity contribution in [2.45, 2.75) is 33.1 Å². The summed E-state index contributed by atoms with van der Waals surface area (Å²) in [5, 5.41) is 4.18. The fraction of sp³-hybridized carbons (Fsp3) is 0.294. The Hall–Kier alpha value is -1.94. The molecule has 2 aromatic rings. The summed E-state index contributed by atoms with van der Waals surface area (Å²) in [5.41, 5.74) is 4.65. The first-order valence-electron chi connectivity index (χ1n) is 7.15. The molecule has 4 heteroatoms. The average molecular weight is 300 g/mol. The molecule has 0 spiro atoms. The van der Waals surface area contributed by atoms with Crippen molar-refractivity contribution in [3.63, 3.8) is 0 Å². The predicted molar refractivity (Wildman–Crippen MR) is 88.8 cm³/mol. The van der Waals surface area contributed by atoms with Crippen LogP contribution in [0.25, 0.3) is 0 Å². The van der Waals surface area contributed by atoms with Crippen molar-refractivity contribution in [3.8, 4) is 0 Å². The van der Waals surface area contributed by atoms with E-state index in [-0.39, 0.29) is 5.91 Å².